The number of rotatable bonds is 4. The highest BCUT2D eigenvalue weighted by Gasteiger charge is 2.32. The Balaban J connectivity index is 2.22. The van der Waals surface area contributed by atoms with Crippen LogP contribution >= 0.6 is 0 Å². The number of likely N-dealkylation sites (tertiary alicyclic amines) is 1. The quantitative estimate of drug-likeness (QED) is 0.671. The number of amides is 1. The molecule has 2 N–H and O–H groups in total. The van der Waals surface area contributed by atoms with E-state index in [1.54, 1.807) is 18.9 Å². The number of benzene rings is 1. The number of piperidine rings is 1. The highest BCUT2D eigenvalue weighted by Crippen LogP contribution is 2.24. The average molecular weight is 307 g/mol. The van der Waals surface area contributed by atoms with E-state index in [0.717, 1.165) is 6.42 Å². The maximum atomic E-state index is 12.7. The smallest absolute Gasteiger partial charge is 0.269 e. The molecule has 1 aliphatic heterocycles. The van der Waals surface area contributed by atoms with Gasteiger partial charge >= 0.3 is 0 Å². The number of carbonyl (C=O) groups excluding carboxylic acids is 1. The summed E-state index contributed by atoms with van der Waals surface area (Å²) in [5.41, 5.74) is 6.86. The van der Waals surface area contributed by atoms with Crippen molar-refractivity contribution in [2.24, 2.45) is 5.73 Å². The lowest BCUT2D eigenvalue weighted by Crippen LogP contribution is -2.51. The number of nitro benzene ring substituents is 1. The summed E-state index contributed by atoms with van der Waals surface area (Å²) in [6.07, 6.45) is 1.60. The average Bonchev–Trinajstić information content (AvgIpc) is 2.53. The van der Waals surface area contributed by atoms with Gasteiger partial charge in [-0.3, -0.25) is 14.9 Å². The molecule has 1 heterocycles. The number of hydrogen-bond acceptors (Lipinski definition) is 5. The molecule has 0 radical (unpaired) electrons. The van der Waals surface area contributed by atoms with Gasteiger partial charge in [0.25, 0.3) is 11.6 Å². The van der Waals surface area contributed by atoms with Crippen LogP contribution in [-0.2, 0) is 4.74 Å². The van der Waals surface area contributed by atoms with Crippen molar-refractivity contribution in [2.45, 2.75) is 31.9 Å². The standard InChI is InChI=1S/C15H21N3O4/c1-10-7-11(18(20)21)3-4-14(10)15(19)17-6-5-13(22-2)8-12(17)9-16/h3-4,7,12-13H,5-6,8-9,16H2,1-2H3. The van der Waals surface area contributed by atoms with Gasteiger partial charge in [0.1, 0.15) is 0 Å². The molecule has 7 heteroatoms. The van der Waals surface area contributed by atoms with Crippen LogP contribution in [0.25, 0.3) is 0 Å². The zero-order valence-corrected chi connectivity index (χ0v) is 12.8. The highest BCUT2D eigenvalue weighted by molar-refractivity contribution is 5.96. The van der Waals surface area contributed by atoms with Crippen molar-refractivity contribution in [3.63, 3.8) is 0 Å². The van der Waals surface area contributed by atoms with E-state index in [9.17, 15) is 14.9 Å². The van der Waals surface area contributed by atoms with Gasteiger partial charge in [0.15, 0.2) is 0 Å². The Morgan fingerprint density at radius 1 is 1.55 bits per heavy atom. The number of ether oxygens (including phenoxy) is 1. The minimum Gasteiger partial charge on any atom is -0.381 e. The lowest BCUT2D eigenvalue weighted by Gasteiger charge is -2.38. The molecule has 1 saturated heterocycles. The summed E-state index contributed by atoms with van der Waals surface area (Å²) in [5.74, 6) is -0.127. The van der Waals surface area contributed by atoms with Crippen LogP contribution in [0.2, 0.25) is 0 Å². The van der Waals surface area contributed by atoms with Gasteiger partial charge in [0.05, 0.1) is 11.0 Å². The van der Waals surface area contributed by atoms with E-state index < -0.39 is 4.92 Å². The van der Waals surface area contributed by atoms with E-state index in [1.807, 2.05) is 0 Å². The van der Waals surface area contributed by atoms with E-state index in [1.165, 1.54) is 18.2 Å². The number of nitrogens with zero attached hydrogens (tertiary/aromatic N) is 2. The maximum absolute atomic E-state index is 12.7. The third-order valence-electron chi connectivity index (χ3n) is 4.19. The van der Waals surface area contributed by atoms with E-state index in [0.29, 0.717) is 30.6 Å². The van der Waals surface area contributed by atoms with Crippen molar-refractivity contribution in [3.8, 4) is 0 Å². The van der Waals surface area contributed by atoms with Crippen molar-refractivity contribution < 1.29 is 14.5 Å². The largest absolute Gasteiger partial charge is 0.381 e. The van der Waals surface area contributed by atoms with Gasteiger partial charge in [-0.2, -0.15) is 0 Å². The summed E-state index contributed by atoms with van der Waals surface area (Å²) < 4.78 is 5.35. The topological polar surface area (TPSA) is 98.7 Å². The number of hydrogen-bond donors (Lipinski definition) is 1. The molecule has 0 aliphatic carbocycles. The molecule has 1 fully saturated rings. The monoisotopic (exact) mass is 307 g/mol. The van der Waals surface area contributed by atoms with E-state index in [4.69, 9.17) is 10.5 Å². The Bertz CT molecular complexity index is 576. The first kappa shape index (κ1) is 16.4. The first-order chi connectivity index (χ1) is 10.5. The highest BCUT2D eigenvalue weighted by atomic mass is 16.6. The molecule has 0 bridgehead atoms. The van der Waals surface area contributed by atoms with Crippen LogP contribution in [0.15, 0.2) is 18.2 Å². The summed E-state index contributed by atoms with van der Waals surface area (Å²) in [6.45, 7) is 2.66. The summed E-state index contributed by atoms with van der Waals surface area (Å²) in [7, 11) is 1.66. The van der Waals surface area contributed by atoms with Crippen LogP contribution in [-0.4, -0.2) is 48.1 Å². The van der Waals surface area contributed by atoms with Gasteiger partial charge in [0.2, 0.25) is 0 Å². The SMILES string of the molecule is COC1CCN(C(=O)c2ccc([N+](=O)[O-])cc2C)C(CN)C1. The fourth-order valence-electron chi connectivity index (χ4n) is 2.88. The van der Waals surface area contributed by atoms with Gasteiger partial charge in [-0.25, -0.2) is 0 Å². The second-order valence-electron chi connectivity index (χ2n) is 5.53. The van der Waals surface area contributed by atoms with Crippen molar-refractivity contribution in [3.05, 3.63) is 39.4 Å². The molecular weight excluding hydrogens is 286 g/mol. The van der Waals surface area contributed by atoms with Crippen LogP contribution < -0.4 is 5.73 Å². The van der Waals surface area contributed by atoms with Gasteiger partial charge < -0.3 is 15.4 Å². The van der Waals surface area contributed by atoms with Gasteiger partial charge in [-0.05, 0) is 31.4 Å². The molecule has 0 spiro atoms. The number of non-ortho nitro benzene ring substituents is 1. The molecule has 2 unspecified atom stereocenters. The molecule has 2 rings (SSSR count). The molecule has 1 aromatic carbocycles. The van der Waals surface area contributed by atoms with Crippen LogP contribution in [0.3, 0.4) is 0 Å². The normalized spacial score (nSPS) is 21.7. The second-order valence-corrected chi connectivity index (χ2v) is 5.53. The second kappa shape index (κ2) is 6.85. The minimum atomic E-state index is -0.464. The molecule has 0 aromatic heterocycles. The zero-order valence-electron chi connectivity index (χ0n) is 12.8. The molecular formula is C15H21N3O4. The molecule has 22 heavy (non-hydrogen) atoms. The van der Waals surface area contributed by atoms with Crippen molar-refractivity contribution >= 4 is 11.6 Å². The Labute approximate surface area is 129 Å². The zero-order chi connectivity index (χ0) is 16.3. The van der Waals surface area contributed by atoms with Crippen molar-refractivity contribution in [2.75, 3.05) is 20.2 Å². The van der Waals surface area contributed by atoms with Crippen LogP contribution in [0.4, 0.5) is 5.69 Å². The Morgan fingerprint density at radius 3 is 2.82 bits per heavy atom. The summed E-state index contributed by atoms with van der Waals surface area (Å²) in [4.78, 5) is 24.8. The maximum Gasteiger partial charge on any atom is 0.269 e. The predicted octanol–water partition coefficient (Wildman–Crippen LogP) is 1.48. The molecule has 2 atom stereocenters. The fraction of sp³-hybridized carbons (Fsp3) is 0.533. The molecule has 1 amide bonds. The lowest BCUT2D eigenvalue weighted by atomic mass is 9.97. The van der Waals surface area contributed by atoms with Crippen molar-refractivity contribution in [1.29, 1.82) is 0 Å². The Kier molecular flexibility index (Phi) is 5.10. The van der Waals surface area contributed by atoms with Crippen LogP contribution in [0.1, 0.15) is 28.8 Å². The Hall–Kier alpha value is -1.99. The number of methoxy groups -OCH3 is 1. The molecule has 120 valence electrons. The first-order valence-electron chi connectivity index (χ1n) is 7.26. The third kappa shape index (κ3) is 3.26. The number of aryl methyl sites for hydroxylation is 1. The van der Waals surface area contributed by atoms with Crippen LogP contribution in [0.5, 0.6) is 0 Å². The van der Waals surface area contributed by atoms with E-state index in [-0.39, 0.29) is 23.7 Å². The Morgan fingerprint density at radius 2 is 2.27 bits per heavy atom. The molecule has 0 saturated carbocycles. The predicted molar refractivity (Wildman–Crippen MR) is 81.7 cm³/mol. The number of nitro groups is 1. The van der Waals surface area contributed by atoms with E-state index >= 15 is 0 Å². The third-order valence-corrected chi connectivity index (χ3v) is 4.19. The van der Waals surface area contributed by atoms with Gasteiger partial charge in [0, 0.05) is 43.9 Å². The number of carbonyl (C=O) groups is 1. The summed E-state index contributed by atoms with van der Waals surface area (Å²) in [6, 6.07) is 4.23. The molecule has 7 nitrogen and oxygen atoms in total. The lowest BCUT2D eigenvalue weighted by molar-refractivity contribution is -0.384. The minimum absolute atomic E-state index is 0.0116. The van der Waals surface area contributed by atoms with Crippen LogP contribution in [0, 0.1) is 17.0 Å². The molecule has 1 aliphatic rings. The van der Waals surface area contributed by atoms with Crippen molar-refractivity contribution in [1.82, 2.24) is 4.90 Å². The van der Waals surface area contributed by atoms with Gasteiger partial charge in [-0.15, -0.1) is 0 Å². The number of nitrogens with two attached hydrogens (primary N) is 1. The first-order valence-corrected chi connectivity index (χ1v) is 7.26. The summed E-state index contributed by atoms with van der Waals surface area (Å²) in [5, 5.41) is 10.8. The summed E-state index contributed by atoms with van der Waals surface area (Å²) >= 11 is 0. The van der Waals surface area contributed by atoms with Gasteiger partial charge in [-0.1, -0.05) is 0 Å². The van der Waals surface area contributed by atoms with E-state index in [2.05, 4.69) is 0 Å². The fourth-order valence-corrected chi connectivity index (χ4v) is 2.88. The molecule has 1 aromatic rings.